The quantitative estimate of drug-likeness (QED) is 0.724. The van der Waals surface area contributed by atoms with E-state index in [1.165, 1.54) is 28.7 Å². The maximum absolute atomic E-state index is 12.1. The third-order valence-corrected chi connectivity index (χ3v) is 4.36. The molecule has 0 radical (unpaired) electrons. The van der Waals surface area contributed by atoms with E-state index >= 15 is 0 Å². The number of carbonyl (C=O) groups is 2. The van der Waals surface area contributed by atoms with Crippen LogP contribution in [0.1, 0.15) is 28.7 Å². The van der Waals surface area contributed by atoms with Gasteiger partial charge in [0, 0.05) is 29.8 Å². The molecule has 2 aromatic heterocycles. The van der Waals surface area contributed by atoms with Crippen molar-refractivity contribution in [2.24, 2.45) is 0 Å². The lowest BCUT2D eigenvalue weighted by atomic mass is 10.2. The molecule has 0 atom stereocenters. The molecule has 3 rings (SSSR count). The molecule has 0 saturated heterocycles. The van der Waals surface area contributed by atoms with Gasteiger partial charge in [0.15, 0.2) is 4.96 Å². The van der Waals surface area contributed by atoms with Crippen molar-refractivity contribution in [3.63, 3.8) is 0 Å². The van der Waals surface area contributed by atoms with Gasteiger partial charge in [-0.1, -0.05) is 0 Å². The van der Waals surface area contributed by atoms with Gasteiger partial charge in [0.25, 0.3) is 5.56 Å². The Morgan fingerprint density at radius 2 is 2.00 bits per heavy atom. The van der Waals surface area contributed by atoms with E-state index in [0.29, 0.717) is 21.9 Å². The Labute approximate surface area is 146 Å². The lowest BCUT2D eigenvalue weighted by Crippen LogP contribution is -2.16. The zero-order chi connectivity index (χ0) is 18.0. The lowest BCUT2D eigenvalue weighted by molar-refractivity contribution is -0.114. The Kier molecular flexibility index (Phi) is 4.62. The molecule has 1 N–H and O–H groups in total. The molecule has 0 fully saturated rings. The third-order valence-electron chi connectivity index (χ3n) is 3.42. The van der Waals surface area contributed by atoms with Crippen LogP contribution in [-0.4, -0.2) is 21.3 Å². The second-order valence-electron chi connectivity index (χ2n) is 5.42. The predicted molar refractivity (Wildman–Crippen MR) is 93.9 cm³/mol. The maximum atomic E-state index is 12.1. The largest absolute Gasteiger partial charge is 0.456 e. The van der Waals surface area contributed by atoms with Crippen LogP contribution in [-0.2, 0) is 16.1 Å². The Bertz CT molecular complexity index is 1000. The summed E-state index contributed by atoms with van der Waals surface area (Å²) in [5.41, 5.74) is 1.96. The van der Waals surface area contributed by atoms with Gasteiger partial charge in [0.05, 0.1) is 11.3 Å². The third kappa shape index (κ3) is 3.74. The van der Waals surface area contributed by atoms with Gasteiger partial charge in [0.1, 0.15) is 6.61 Å². The zero-order valence-electron chi connectivity index (χ0n) is 13.6. The molecule has 2 heterocycles. The van der Waals surface area contributed by atoms with Crippen LogP contribution in [0.3, 0.4) is 0 Å². The van der Waals surface area contributed by atoms with Crippen LogP contribution in [0.4, 0.5) is 5.69 Å². The smallest absolute Gasteiger partial charge is 0.338 e. The molecule has 0 bridgehead atoms. The fourth-order valence-electron chi connectivity index (χ4n) is 2.29. The number of ether oxygens (including phenoxy) is 1. The number of nitrogens with zero attached hydrogens (tertiary/aromatic N) is 2. The van der Waals surface area contributed by atoms with E-state index in [9.17, 15) is 14.4 Å². The average molecular weight is 357 g/mol. The first kappa shape index (κ1) is 16.8. The van der Waals surface area contributed by atoms with Gasteiger partial charge in [-0.05, 0) is 31.2 Å². The fraction of sp³-hybridized carbons (Fsp3) is 0.176. The van der Waals surface area contributed by atoms with Crippen LogP contribution in [0.15, 0.2) is 40.5 Å². The van der Waals surface area contributed by atoms with Crippen molar-refractivity contribution >= 4 is 33.9 Å². The number of carbonyl (C=O) groups excluding carboxylic acids is 2. The fourth-order valence-corrected chi connectivity index (χ4v) is 3.18. The molecule has 8 heteroatoms. The molecule has 0 unspecified atom stereocenters. The number of hydrogen-bond donors (Lipinski definition) is 1. The number of benzene rings is 1. The van der Waals surface area contributed by atoms with Crippen LogP contribution >= 0.6 is 11.3 Å². The van der Waals surface area contributed by atoms with Gasteiger partial charge in [0.2, 0.25) is 5.91 Å². The number of hydrogen-bond acceptors (Lipinski definition) is 6. The minimum absolute atomic E-state index is 0.0883. The minimum Gasteiger partial charge on any atom is -0.456 e. The number of thiazole rings is 1. The second-order valence-corrected chi connectivity index (χ2v) is 6.25. The Morgan fingerprint density at radius 1 is 1.28 bits per heavy atom. The van der Waals surface area contributed by atoms with Crippen molar-refractivity contribution in [1.29, 1.82) is 0 Å². The summed E-state index contributed by atoms with van der Waals surface area (Å²) >= 11 is 1.36. The van der Waals surface area contributed by atoms with Gasteiger partial charge >= 0.3 is 5.97 Å². The van der Waals surface area contributed by atoms with E-state index in [-0.39, 0.29) is 18.1 Å². The highest BCUT2D eigenvalue weighted by atomic mass is 32.1. The molecular formula is C17H15N3O4S. The van der Waals surface area contributed by atoms with E-state index < -0.39 is 5.97 Å². The molecule has 0 aliphatic carbocycles. The number of nitrogens with one attached hydrogen (secondary N) is 1. The number of anilines is 1. The Balaban J connectivity index is 1.70. The first-order chi connectivity index (χ1) is 11.9. The van der Waals surface area contributed by atoms with Crippen molar-refractivity contribution in [2.75, 3.05) is 5.32 Å². The molecular weight excluding hydrogens is 342 g/mol. The number of amides is 1. The molecule has 1 amide bonds. The topological polar surface area (TPSA) is 89.8 Å². The van der Waals surface area contributed by atoms with Gasteiger partial charge in [-0.25, -0.2) is 9.78 Å². The number of fused-ring (bicyclic) bond motifs is 1. The predicted octanol–water partition coefficient (Wildman–Crippen LogP) is 2.38. The minimum atomic E-state index is -0.529. The Morgan fingerprint density at radius 3 is 2.68 bits per heavy atom. The van der Waals surface area contributed by atoms with E-state index in [0.717, 1.165) is 5.69 Å². The molecule has 0 spiro atoms. The lowest BCUT2D eigenvalue weighted by Gasteiger charge is -2.06. The highest BCUT2D eigenvalue weighted by Crippen LogP contribution is 2.13. The van der Waals surface area contributed by atoms with Crippen molar-refractivity contribution in [3.05, 3.63) is 63.0 Å². The molecule has 128 valence electrons. The first-order valence-corrected chi connectivity index (χ1v) is 8.33. The highest BCUT2D eigenvalue weighted by molar-refractivity contribution is 7.15. The molecule has 7 nitrogen and oxygen atoms in total. The second kappa shape index (κ2) is 6.86. The molecule has 25 heavy (non-hydrogen) atoms. The van der Waals surface area contributed by atoms with Gasteiger partial charge in [-0.3, -0.25) is 14.0 Å². The number of aryl methyl sites for hydroxylation is 1. The summed E-state index contributed by atoms with van der Waals surface area (Å²) < 4.78 is 6.72. The first-order valence-electron chi connectivity index (χ1n) is 7.45. The zero-order valence-corrected chi connectivity index (χ0v) is 14.4. The summed E-state index contributed by atoms with van der Waals surface area (Å²) in [4.78, 5) is 40.0. The monoisotopic (exact) mass is 357 g/mol. The standard InChI is InChI=1S/C17H15N3O4S/c1-10-9-25-17-19-14(7-15(22)20(10)17)8-24-16(23)12-3-5-13(6-4-12)18-11(2)21/h3-7,9H,8H2,1-2H3,(H,18,21). The van der Waals surface area contributed by atoms with Crippen LogP contribution in [0, 0.1) is 6.92 Å². The summed E-state index contributed by atoms with van der Waals surface area (Å²) in [5, 5.41) is 4.46. The molecule has 0 aliphatic heterocycles. The maximum Gasteiger partial charge on any atom is 0.338 e. The highest BCUT2D eigenvalue weighted by Gasteiger charge is 2.11. The van der Waals surface area contributed by atoms with Crippen molar-refractivity contribution in [2.45, 2.75) is 20.5 Å². The molecule has 3 aromatic rings. The SMILES string of the molecule is CC(=O)Nc1ccc(C(=O)OCc2cc(=O)n3c(C)csc3n2)cc1. The summed E-state index contributed by atoms with van der Waals surface area (Å²) in [6, 6.07) is 7.70. The number of rotatable bonds is 4. The van der Waals surface area contributed by atoms with E-state index in [1.54, 1.807) is 24.3 Å². The Hall–Kier alpha value is -3.00. The van der Waals surface area contributed by atoms with Gasteiger partial charge < -0.3 is 10.1 Å². The van der Waals surface area contributed by atoms with Gasteiger partial charge in [-0.2, -0.15) is 0 Å². The van der Waals surface area contributed by atoms with Crippen LogP contribution in [0.25, 0.3) is 4.96 Å². The van der Waals surface area contributed by atoms with Crippen LogP contribution < -0.4 is 10.9 Å². The number of aromatic nitrogens is 2. The van der Waals surface area contributed by atoms with E-state index in [2.05, 4.69) is 10.3 Å². The summed E-state index contributed by atoms with van der Waals surface area (Å²) in [6.07, 6.45) is 0. The summed E-state index contributed by atoms with van der Waals surface area (Å²) in [7, 11) is 0. The average Bonchev–Trinajstić information content (AvgIpc) is 2.94. The number of esters is 1. The van der Waals surface area contributed by atoms with E-state index in [4.69, 9.17) is 4.74 Å². The van der Waals surface area contributed by atoms with Crippen LogP contribution in [0.2, 0.25) is 0 Å². The molecule has 1 aromatic carbocycles. The summed E-state index contributed by atoms with van der Waals surface area (Å²) in [6.45, 7) is 3.15. The van der Waals surface area contributed by atoms with Crippen molar-refractivity contribution in [1.82, 2.24) is 9.38 Å². The van der Waals surface area contributed by atoms with Gasteiger partial charge in [-0.15, -0.1) is 11.3 Å². The van der Waals surface area contributed by atoms with Crippen LogP contribution in [0.5, 0.6) is 0 Å². The normalized spacial score (nSPS) is 10.6. The molecule has 0 aliphatic rings. The van der Waals surface area contributed by atoms with Crippen molar-refractivity contribution < 1.29 is 14.3 Å². The summed E-state index contributed by atoms with van der Waals surface area (Å²) in [5.74, 6) is -0.717. The van der Waals surface area contributed by atoms with Crippen molar-refractivity contribution in [3.8, 4) is 0 Å². The molecule has 0 saturated carbocycles. The van der Waals surface area contributed by atoms with E-state index in [1.807, 2.05) is 12.3 Å².